The maximum absolute atomic E-state index is 13.3. The average Bonchev–Trinajstić information content (AvgIpc) is 2.87. The largest absolute Gasteiger partial charge is 0.396 e. The fourth-order valence-electron chi connectivity index (χ4n) is 2.58. The minimum Gasteiger partial charge on any atom is -0.396 e. The molecule has 0 atom stereocenters. The van der Waals surface area contributed by atoms with Crippen molar-refractivity contribution in [3.63, 3.8) is 0 Å². The standard InChI is InChI=1S/C16H20Cl2N2O4S/c1-10(2)15-16(20(4-6-22)14(19-15)3-5-21)25(23,24)13-8-11(17)7-12(18)9-13/h7-10,21-22H,3-6H2,1-2H3. The van der Waals surface area contributed by atoms with Crippen molar-refractivity contribution in [2.24, 2.45) is 0 Å². The Morgan fingerprint density at radius 2 is 1.72 bits per heavy atom. The molecule has 1 heterocycles. The van der Waals surface area contributed by atoms with Crippen molar-refractivity contribution in [2.75, 3.05) is 13.2 Å². The highest BCUT2D eigenvalue weighted by Gasteiger charge is 2.31. The number of aromatic nitrogens is 2. The fraction of sp³-hybridized carbons (Fsp3) is 0.438. The molecule has 0 saturated heterocycles. The van der Waals surface area contributed by atoms with Crippen LogP contribution in [-0.2, 0) is 22.8 Å². The SMILES string of the molecule is CC(C)c1nc(CCO)n(CCO)c1S(=O)(=O)c1cc(Cl)cc(Cl)c1. The maximum atomic E-state index is 13.3. The molecule has 0 aliphatic carbocycles. The smallest absolute Gasteiger partial charge is 0.224 e. The first-order valence-electron chi connectivity index (χ1n) is 7.74. The van der Waals surface area contributed by atoms with Gasteiger partial charge in [-0.25, -0.2) is 13.4 Å². The molecule has 1 aromatic heterocycles. The van der Waals surface area contributed by atoms with Crippen LogP contribution in [0.5, 0.6) is 0 Å². The Morgan fingerprint density at radius 1 is 1.12 bits per heavy atom. The minimum atomic E-state index is -3.97. The molecule has 0 aliphatic rings. The molecule has 0 unspecified atom stereocenters. The van der Waals surface area contributed by atoms with Gasteiger partial charge >= 0.3 is 0 Å². The number of aliphatic hydroxyl groups excluding tert-OH is 2. The van der Waals surface area contributed by atoms with Gasteiger partial charge in [0.05, 0.1) is 23.8 Å². The molecule has 2 rings (SSSR count). The molecule has 0 aliphatic heterocycles. The molecule has 0 spiro atoms. The van der Waals surface area contributed by atoms with Gasteiger partial charge in [-0.2, -0.15) is 0 Å². The lowest BCUT2D eigenvalue weighted by Crippen LogP contribution is -2.16. The minimum absolute atomic E-state index is 0.00154. The molecule has 0 radical (unpaired) electrons. The highest BCUT2D eigenvalue weighted by Crippen LogP contribution is 2.32. The summed E-state index contributed by atoms with van der Waals surface area (Å²) in [5, 5.41) is 19.0. The number of benzene rings is 1. The Labute approximate surface area is 157 Å². The second kappa shape index (κ2) is 8.05. The normalized spacial score (nSPS) is 12.1. The number of hydrogen-bond acceptors (Lipinski definition) is 5. The van der Waals surface area contributed by atoms with E-state index >= 15 is 0 Å². The van der Waals surface area contributed by atoms with Crippen molar-refractivity contribution < 1.29 is 18.6 Å². The molecule has 2 aromatic rings. The number of aliphatic hydroxyl groups is 2. The molecule has 25 heavy (non-hydrogen) atoms. The number of hydrogen-bond donors (Lipinski definition) is 2. The van der Waals surface area contributed by atoms with E-state index in [2.05, 4.69) is 4.98 Å². The summed E-state index contributed by atoms with van der Waals surface area (Å²) in [5.41, 5.74) is 0.382. The van der Waals surface area contributed by atoms with Crippen LogP contribution in [0.1, 0.15) is 31.3 Å². The van der Waals surface area contributed by atoms with Gasteiger partial charge in [0.1, 0.15) is 5.82 Å². The number of halogens is 2. The van der Waals surface area contributed by atoms with Crippen LogP contribution in [0.3, 0.4) is 0 Å². The molecule has 0 amide bonds. The molecule has 0 saturated carbocycles. The zero-order valence-corrected chi connectivity index (χ0v) is 16.2. The highest BCUT2D eigenvalue weighted by molar-refractivity contribution is 7.91. The summed E-state index contributed by atoms with van der Waals surface area (Å²) in [5.74, 6) is 0.240. The van der Waals surface area contributed by atoms with Gasteiger partial charge in [-0.3, -0.25) is 0 Å². The molecule has 2 N–H and O–H groups in total. The summed E-state index contributed by atoms with van der Waals surface area (Å²) in [6, 6.07) is 4.11. The lowest BCUT2D eigenvalue weighted by molar-refractivity contribution is 0.263. The van der Waals surface area contributed by atoms with E-state index < -0.39 is 9.84 Å². The highest BCUT2D eigenvalue weighted by atomic mass is 35.5. The monoisotopic (exact) mass is 406 g/mol. The van der Waals surface area contributed by atoms with Crippen molar-refractivity contribution in [3.8, 4) is 0 Å². The molecule has 6 nitrogen and oxygen atoms in total. The summed E-state index contributed by atoms with van der Waals surface area (Å²) in [6.07, 6.45) is 0.186. The van der Waals surface area contributed by atoms with E-state index in [1.165, 1.54) is 22.8 Å². The van der Waals surface area contributed by atoms with Crippen molar-refractivity contribution in [1.29, 1.82) is 0 Å². The van der Waals surface area contributed by atoms with E-state index in [-0.39, 0.29) is 52.1 Å². The predicted molar refractivity (Wildman–Crippen MR) is 96.1 cm³/mol. The van der Waals surface area contributed by atoms with E-state index in [4.69, 9.17) is 23.2 Å². The van der Waals surface area contributed by atoms with Crippen LogP contribution in [0, 0.1) is 0 Å². The molecular formula is C16H20Cl2N2O4S. The third kappa shape index (κ3) is 4.17. The van der Waals surface area contributed by atoms with Crippen molar-refractivity contribution in [1.82, 2.24) is 9.55 Å². The molecular weight excluding hydrogens is 387 g/mol. The maximum Gasteiger partial charge on any atom is 0.224 e. The Balaban J connectivity index is 2.77. The van der Waals surface area contributed by atoms with Crippen LogP contribution in [0.2, 0.25) is 10.0 Å². The van der Waals surface area contributed by atoms with E-state index in [1.54, 1.807) is 0 Å². The number of sulfone groups is 1. The average molecular weight is 407 g/mol. The summed E-state index contributed by atoms with van der Waals surface area (Å²) < 4.78 is 27.9. The van der Waals surface area contributed by atoms with Crippen LogP contribution < -0.4 is 0 Å². The number of nitrogens with zero attached hydrogens (tertiary/aromatic N) is 2. The summed E-state index contributed by atoms with van der Waals surface area (Å²) in [6.45, 7) is 3.28. The van der Waals surface area contributed by atoms with Crippen LogP contribution in [0.15, 0.2) is 28.1 Å². The lowest BCUT2D eigenvalue weighted by atomic mass is 10.1. The van der Waals surface area contributed by atoms with Gasteiger partial charge in [0.15, 0.2) is 5.03 Å². The van der Waals surface area contributed by atoms with Crippen LogP contribution in [0.25, 0.3) is 0 Å². The zero-order chi connectivity index (χ0) is 18.8. The van der Waals surface area contributed by atoms with Gasteiger partial charge < -0.3 is 14.8 Å². The first-order valence-corrected chi connectivity index (χ1v) is 9.98. The number of rotatable bonds is 7. The summed E-state index contributed by atoms with van der Waals surface area (Å²) >= 11 is 11.9. The van der Waals surface area contributed by atoms with Gasteiger partial charge in [0, 0.05) is 23.0 Å². The quantitative estimate of drug-likeness (QED) is 0.736. The van der Waals surface area contributed by atoms with Crippen LogP contribution in [-0.4, -0.2) is 41.4 Å². The Morgan fingerprint density at radius 3 is 2.20 bits per heavy atom. The Hall–Kier alpha value is -1.12. The number of imidazole rings is 1. The van der Waals surface area contributed by atoms with Gasteiger partial charge in [-0.1, -0.05) is 37.0 Å². The van der Waals surface area contributed by atoms with Crippen LogP contribution in [0.4, 0.5) is 0 Å². The third-order valence-corrected chi connectivity index (χ3v) is 5.86. The van der Waals surface area contributed by atoms with Crippen LogP contribution >= 0.6 is 23.2 Å². The van der Waals surface area contributed by atoms with Gasteiger partial charge in [-0.15, -0.1) is 0 Å². The Kier molecular flexibility index (Phi) is 6.51. The first-order chi connectivity index (χ1) is 11.7. The lowest BCUT2D eigenvalue weighted by Gasteiger charge is -2.13. The molecule has 138 valence electrons. The second-order valence-corrected chi connectivity index (χ2v) is 8.57. The topological polar surface area (TPSA) is 92.4 Å². The van der Waals surface area contributed by atoms with E-state index in [0.717, 1.165) is 0 Å². The van der Waals surface area contributed by atoms with Gasteiger partial charge in [0.2, 0.25) is 9.84 Å². The van der Waals surface area contributed by atoms with Crippen molar-refractivity contribution in [3.05, 3.63) is 39.8 Å². The van der Waals surface area contributed by atoms with Gasteiger partial charge in [-0.05, 0) is 24.1 Å². The fourth-order valence-corrected chi connectivity index (χ4v) is 5.06. The molecule has 0 fully saturated rings. The second-order valence-electron chi connectivity index (χ2n) is 5.83. The molecule has 1 aromatic carbocycles. The molecule has 9 heteroatoms. The first kappa shape index (κ1) is 20.2. The summed E-state index contributed by atoms with van der Waals surface area (Å²) in [4.78, 5) is 4.36. The zero-order valence-electron chi connectivity index (χ0n) is 13.9. The van der Waals surface area contributed by atoms with Crippen molar-refractivity contribution >= 4 is 33.0 Å². The Bertz CT molecular complexity index is 843. The summed E-state index contributed by atoms with van der Waals surface area (Å²) in [7, 11) is -3.97. The van der Waals surface area contributed by atoms with E-state index in [0.29, 0.717) is 11.5 Å². The van der Waals surface area contributed by atoms with E-state index in [9.17, 15) is 18.6 Å². The molecule has 0 bridgehead atoms. The van der Waals surface area contributed by atoms with Crippen molar-refractivity contribution in [2.45, 2.75) is 42.7 Å². The third-order valence-electron chi connectivity index (χ3n) is 3.63. The van der Waals surface area contributed by atoms with Gasteiger partial charge in [0.25, 0.3) is 0 Å². The predicted octanol–water partition coefficient (Wildman–Crippen LogP) is 2.67. The van der Waals surface area contributed by atoms with E-state index in [1.807, 2.05) is 13.8 Å².